The summed E-state index contributed by atoms with van der Waals surface area (Å²) in [6.07, 6.45) is 5.39. The van der Waals surface area contributed by atoms with Crippen LogP contribution in [-0.2, 0) is 0 Å². The molecule has 1 saturated heterocycles. The molecule has 3 aromatic heterocycles. The Morgan fingerprint density at radius 2 is 1.86 bits per heavy atom. The molecule has 1 atom stereocenters. The second-order valence-corrected chi connectivity index (χ2v) is 13.2. The van der Waals surface area contributed by atoms with Crippen LogP contribution in [0.25, 0.3) is 22.2 Å². The number of aromatic amines is 1. The maximum absolute atomic E-state index is 15.7. The molecule has 0 amide bonds. The van der Waals surface area contributed by atoms with Crippen molar-refractivity contribution >= 4 is 47.8 Å². The van der Waals surface area contributed by atoms with Gasteiger partial charge >= 0.3 is 0 Å². The highest BCUT2D eigenvalue weighted by molar-refractivity contribution is 7.56. The Balaban J connectivity index is 1.39. The normalized spacial score (nSPS) is 15.8. The van der Waals surface area contributed by atoms with Gasteiger partial charge in [-0.05, 0) is 50.7 Å². The molecule has 1 aliphatic heterocycles. The first-order chi connectivity index (χ1) is 17.1. The van der Waals surface area contributed by atoms with Crippen LogP contribution < -0.4 is 9.64 Å². The number of pyridine rings is 2. The van der Waals surface area contributed by atoms with Crippen LogP contribution in [-0.4, -0.2) is 52.7 Å². The van der Waals surface area contributed by atoms with E-state index < -0.39 is 11.9 Å². The molecule has 10 heteroatoms. The molecule has 1 N–H and O–H groups in total. The zero-order valence-electron chi connectivity index (χ0n) is 20.5. The first-order valence-corrected chi connectivity index (χ1v) is 14.8. The second kappa shape index (κ2) is 9.77. The van der Waals surface area contributed by atoms with Crippen molar-refractivity contribution in [3.05, 3.63) is 64.3 Å². The topological polar surface area (TPSA) is 66.9 Å². The maximum atomic E-state index is 15.7. The molecule has 0 saturated carbocycles. The van der Waals surface area contributed by atoms with Crippen molar-refractivity contribution in [3.63, 3.8) is 0 Å². The summed E-state index contributed by atoms with van der Waals surface area (Å²) < 4.78 is 21.6. The van der Waals surface area contributed by atoms with Crippen LogP contribution in [0.5, 0.6) is 5.75 Å². The van der Waals surface area contributed by atoms with E-state index in [4.69, 9.17) is 27.9 Å². The lowest BCUT2D eigenvalue weighted by atomic mass is 9.84. The van der Waals surface area contributed by atoms with E-state index in [-0.39, 0.29) is 13.7 Å². The molecule has 4 heterocycles. The molecule has 0 radical (unpaired) electrons. The molecule has 0 aliphatic carbocycles. The molecule has 1 fully saturated rings. The average Bonchev–Trinajstić information content (AvgIpc) is 3.24. The van der Waals surface area contributed by atoms with E-state index in [0.29, 0.717) is 37.6 Å². The third kappa shape index (κ3) is 4.77. The van der Waals surface area contributed by atoms with Crippen molar-refractivity contribution in [2.24, 2.45) is 5.41 Å². The van der Waals surface area contributed by atoms with Gasteiger partial charge in [-0.2, -0.15) is 5.10 Å². The number of hydrogen-bond acceptors (Lipinski definition) is 5. The number of aromatic nitrogens is 4. The van der Waals surface area contributed by atoms with Gasteiger partial charge in [0.1, 0.15) is 17.6 Å². The Hall–Kier alpha value is -2.47. The molecule has 0 spiro atoms. The number of nitrogens with one attached hydrogen (secondary N) is 1. The van der Waals surface area contributed by atoms with Crippen LogP contribution in [0.2, 0.25) is 10.0 Å². The van der Waals surface area contributed by atoms with E-state index in [9.17, 15) is 0 Å². The first kappa shape index (κ1) is 25.2. The highest BCUT2D eigenvalue weighted by Gasteiger charge is 2.39. The Morgan fingerprint density at radius 3 is 2.50 bits per heavy atom. The summed E-state index contributed by atoms with van der Waals surface area (Å²) in [4.78, 5) is 10.9. The van der Waals surface area contributed by atoms with Crippen LogP contribution in [0.15, 0.2) is 42.9 Å². The molecule has 5 rings (SSSR count). The third-order valence-corrected chi connectivity index (χ3v) is 8.42. The summed E-state index contributed by atoms with van der Waals surface area (Å²) in [6, 6.07) is 7.22. The van der Waals surface area contributed by atoms with Gasteiger partial charge in [0, 0.05) is 48.2 Å². The Morgan fingerprint density at radius 1 is 1.14 bits per heavy atom. The monoisotopic (exact) mass is 545 g/mol. The minimum Gasteiger partial charge on any atom is -0.483 e. The summed E-state index contributed by atoms with van der Waals surface area (Å²) in [5, 5.41) is 8.35. The zero-order chi connectivity index (χ0) is 25.6. The molecule has 1 aliphatic rings. The molecular formula is C26H27Cl2FN5OP. The summed E-state index contributed by atoms with van der Waals surface area (Å²) in [5.74, 6) is 0.498. The van der Waals surface area contributed by atoms with Gasteiger partial charge in [-0.3, -0.25) is 10.1 Å². The minimum absolute atomic E-state index is 0.0731. The average molecular weight is 546 g/mol. The van der Waals surface area contributed by atoms with Gasteiger partial charge in [0.2, 0.25) is 0 Å². The van der Waals surface area contributed by atoms with Gasteiger partial charge in [0.05, 0.1) is 20.9 Å². The summed E-state index contributed by atoms with van der Waals surface area (Å²) in [5.41, 5.74) is 2.69. The van der Waals surface area contributed by atoms with Gasteiger partial charge in [-0.15, -0.1) is 7.92 Å². The van der Waals surface area contributed by atoms with Crippen molar-refractivity contribution < 1.29 is 9.13 Å². The highest BCUT2D eigenvalue weighted by Crippen LogP contribution is 2.42. The standard InChI is InChI=1S/C26H27Cl2FN5OP/c1-15(22-17(27)10-30-11-18(22)28)35-20-7-6-19-23(24(20)29)25(33-32-19)16-5-8-21(31-9-16)34-12-26(2,13-34)14-36(3)4/h5-11,15H,12-14H2,1-4H3,(H,32,33)/t15-/m1/s1. The minimum atomic E-state index is -0.588. The lowest BCUT2D eigenvalue weighted by Crippen LogP contribution is -2.56. The summed E-state index contributed by atoms with van der Waals surface area (Å²) in [6.45, 7) is 10.8. The van der Waals surface area contributed by atoms with Crippen LogP contribution in [0, 0.1) is 11.2 Å². The molecule has 0 unspecified atom stereocenters. The van der Waals surface area contributed by atoms with Crippen molar-refractivity contribution in [3.8, 4) is 17.0 Å². The Bertz CT molecular complexity index is 1390. The number of anilines is 1. The van der Waals surface area contributed by atoms with Crippen LogP contribution in [0.4, 0.5) is 10.2 Å². The summed E-state index contributed by atoms with van der Waals surface area (Å²) in [7, 11) is 0.0731. The number of benzene rings is 1. The van der Waals surface area contributed by atoms with Crippen molar-refractivity contribution in [2.45, 2.75) is 20.0 Å². The third-order valence-electron chi connectivity index (χ3n) is 6.42. The molecule has 4 aromatic rings. The smallest absolute Gasteiger partial charge is 0.176 e. The molecule has 0 bridgehead atoms. The number of nitrogens with zero attached hydrogens (tertiary/aromatic N) is 4. The van der Waals surface area contributed by atoms with E-state index in [1.54, 1.807) is 25.3 Å². The van der Waals surface area contributed by atoms with E-state index in [1.807, 2.05) is 12.1 Å². The van der Waals surface area contributed by atoms with Crippen molar-refractivity contribution in [1.29, 1.82) is 0 Å². The highest BCUT2D eigenvalue weighted by atomic mass is 35.5. The van der Waals surface area contributed by atoms with Gasteiger partial charge in [0.15, 0.2) is 11.6 Å². The van der Waals surface area contributed by atoms with Gasteiger partial charge in [0.25, 0.3) is 0 Å². The van der Waals surface area contributed by atoms with E-state index >= 15 is 4.39 Å². The SMILES string of the molecule is C[C@@H](Oc1ccc2[nH]nc(-c3ccc(N4CC(C)(CP(C)C)C4)nc3)c2c1F)c1c(Cl)cncc1Cl. The predicted molar refractivity (Wildman–Crippen MR) is 147 cm³/mol. The molecular weight excluding hydrogens is 519 g/mol. The van der Waals surface area contributed by atoms with E-state index in [1.165, 1.54) is 18.6 Å². The van der Waals surface area contributed by atoms with Crippen LogP contribution >= 0.6 is 31.1 Å². The Kier molecular flexibility index (Phi) is 6.84. The largest absolute Gasteiger partial charge is 0.483 e. The molecule has 6 nitrogen and oxygen atoms in total. The number of H-pyrrole nitrogens is 1. The molecule has 36 heavy (non-hydrogen) atoms. The van der Waals surface area contributed by atoms with E-state index in [0.717, 1.165) is 24.5 Å². The number of ether oxygens (including phenoxy) is 1. The van der Waals surface area contributed by atoms with Gasteiger partial charge in [-0.1, -0.05) is 30.1 Å². The quantitative estimate of drug-likeness (QED) is 0.249. The predicted octanol–water partition coefficient (Wildman–Crippen LogP) is 7.17. The summed E-state index contributed by atoms with van der Waals surface area (Å²) >= 11 is 12.5. The number of fused-ring (bicyclic) bond motifs is 1. The first-order valence-electron chi connectivity index (χ1n) is 11.6. The van der Waals surface area contributed by atoms with Gasteiger partial charge < -0.3 is 9.64 Å². The van der Waals surface area contributed by atoms with Crippen LogP contribution in [0.1, 0.15) is 25.5 Å². The van der Waals surface area contributed by atoms with E-state index in [2.05, 4.69) is 45.3 Å². The van der Waals surface area contributed by atoms with Crippen molar-refractivity contribution in [1.82, 2.24) is 20.2 Å². The fourth-order valence-corrected chi connectivity index (χ4v) is 7.43. The van der Waals surface area contributed by atoms with Crippen molar-refractivity contribution in [2.75, 3.05) is 37.5 Å². The fraction of sp³-hybridized carbons (Fsp3) is 0.346. The fourth-order valence-electron chi connectivity index (χ4n) is 5.03. The molecule has 1 aromatic carbocycles. The maximum Gasteiger partial charge on any atom is 0.176 e. The number of rotatable bonds is 7. The number of halogens is 3. The Labute approximate surface area is 220 Å². The van der Waals surface area contributed by atoms with Crippen LogP contribution in [0.3, 0.4) is 0 Å². The number of hydrogen-bond donors (Lipinski definition) is 1. The van der Waals surface area contributed by atoms with Gasteiger partial charge in [-0.25, -0.2) is 9.37 Å². The lowest BCUT2D eigenvalue weighted by Gasteiger charge is -2.49. The molecule has 188 valence electrons. The zero-order valence-corrected chi connectivity index (χ0v) is 22.9. The lowest BCUT2D eigenvalue weighted by molar-refractivity contribution is 0.217. The second-order valence-electron chi connectivity index (χ2n) is 9.96.